The number of hydrogen-bond donors (Lipinski definition) is 0. The number of carbonyl (C=O) groups is 2. The third-order valence-corrected chi connectivity index (χ3v) is 6.07. The molecular formula is C16H26N2O3S. The Morgan fingerprint density at radius 2 is 2.00 bits per heavy atom. The van der Waals surface area contributed by atoms with Gasteiger partial charge in [-0.3, -0.25) is 9.59 Å². The monoisotopic (exact) mass is 326 g/mol. The Kier molecular flexibility index (Phi) is 5.29. The van der Waals surface area contributed by atoms with Gasteiger partial charge < -0.3 is 14.5 Å². The van der Waals surface area contributed by atoms with Crippen molar-refractivity contribution in [2.75, 3.05) is 31.3 Å². The van der Waals surface area contributed by atoms with Crippen molar-refractivity contribution < 1.29 is 14.3 Å². The van der Waals surface area contributed by atoms with Crippen LogP contribution in [0, 0.1) is 5.92 Å². The van der Waals surface area contributed by atoms with Crippen molar-refractivity contribution in [1.29, 1.82) is 0 Å². The van der Waals surface area contributed by atoms with Gasteiger partial charge >= 0.3 is 0 Å². The van der Waals surface area contributed by atoms with Crippen molar-refractivity contribution >= 4 is 23.6 Å². The van der Waals surface area contributed by atoms with E-state index in [0.717, 1.165) is 37.9 Å². The number of carbonyl (C=O) groups excluding carboxylic acids is 2. The van der Waals surface area contributed by atoms with Crippen molar-refractivity contribution in [3.8, 4) is 0 Å². The molecule has 3 rings (SSSR count). The van der Waals surface area contributed by atoms with Gasteiger partial charge in [0.05, 0.1) is 18.6 Å². The molecule has 0 spiro atoms. The molecule has 2 amide bonds. The molecule has 0 unspecified atom stereocenters. The average Bonchev–Trinajstić information content (AvgIpc) is 3.24. The van der Waals surface area contributed by atoms with Crippen LogP contribution in [0.1, 0.15) is 39.0 Å². The zero-order valence-corrected chi connectivity index (χ0v) is 14.1. The molecule has 0 bridgehead atoms. The Morgan fingerprint density at radius 1 is 1.23 bits per heavy atom. The molecule has 6 heteroatoms. The standard InChI is InChI=1S/C16H26N2O3S/c1-2-13-9-17(7-8-21-13)16(20)14-10-22-11-18(14)15(19)12-5-3-4-6-12/h12-14H,2-11H2,1H3/t13-,14+/m1/s1. The van der Waals surface area contributed by atoms with Crippen molar-refractivity contribution in [3.05, 3.63) is 0 Å². The summed E-state index contributed by atoms with van der Waals surface area (Å²) in [7, 11) is 0. The zero-order chi connectivity index (χ0) is 15.5. The van der Waals surface area contributed by atoms with Gasteiger partial charge in [-0.1, -0.05) is 19.8 Å². The van der Waals surface area contributed by atoms with Gasteiger partial charge in [0, 0.05) is 24.8 Å². The number of ether oxygens (including phenoxy) is 1. The lowest BCUT2D eigenvalue weighted by Gasteiger charge is -2.36. The first kappa shape index (κ1) is 16.1. The molecule has 5 nitrogen and oxygen atoms in total. The molecule has 2 saturated heterocycles. The summed E-state index contributed by atoms with van der Waals surface area (Å²) in [5.74, 6) is 1.90. The van der Waals surface area contributed by atoms with Crippen LogP contribution in [0.15, 0.2) is 0 Å². The molecule has 2 aliphatic heterocycles. The molecule has 0 N–H and O–H groups in total. The van der Waals surface area contributed by atoms with E-state index in [4.69, 9.17) is 4.74 Å². The largest absolute Gasteiger partial charge is 0.375 e. The van der Waals surface area contributed by atoms with E-state index < -0.39 is 0 Å². The van der Waals surface area contributed by atoms with Crippen LogP contribution in [0.2, 0.25) is 0 Å². The quantitative estimate of drug-likeness (QED) is 0.792. The van der Waals surface area contributed by atoms with E-state index in [-0.39, 0.29) is 29.9 Å². The Hall–Kier alpha value is -0.750. The summed E-state index contributed by atoms with van der Waals surface area (Å²) in [5, 5.41) is 0. The summed E-state index contributed by atoms with van der Waals surface area (Å²) >= 11 is 1.70. The van der Waals surface area contributed by atoms with Gasteiger partial charge in [-0.25, -0.2) is 0 Å². The first-order chi connectivity index (χ1) is 10.7. The number of amides is 2. The highest BCUT2D eigenvalue weighted by atomic mass is 32.2. The van der Waals surface area contributed by atoms with Gasteiger partial charge in [-0.05, 0) is 19.3 Å². The fraction of sp³-hybridized carbons (Fsp3) is 0.875. The minimum atomic E-state index is -0.256. The zero-order valence-electron chi connectivity index (χ0n) is 13.3. The fourth-order valence-electron chi connectivity index (χ4n) is 3.65. The SMILES string of the molecule is CC[C@@H]1CN(C(=O)[C@@H]2CSCN2C(=O)C2CCCC2)CCO1. The molecule has 1 saturated carbocycles. The second kappa shape index (κ2) is 7.21. The lowest BCUT2D eigenvalue weighted by atomic mass is 10.1. The first-order valence-electron chi connectivity index (χ1n) is 8.49. The molecule has 22 heavy (non-hydrogen) atoms. The van der Waals surface area contributed by atoms with E-state index in [9.17, 15) is 9.59 Å². The van der Waals surface area contributed by atoms with Gasteiger partial charge in [0.25, 0.3) is 0 Å². The number of hydrogen-bond acceptors (Lipinski definition) is 4. The van der Waals surface area contributed by atoms with Crippen LogP contribution >= 0.6 is 11.8 Å². The van der Waals surface area contributed by atoms with E-state index in [0.29, 0.717) is 25.6 Å². The van der Waals surface area contributed by atoms with E-state index in [1.807, 2.05) is 9.80 Å². The molecule has 3 fully saturated rings. The third kappa shape index (κ3) is 3.27. The summed E-state index contributed by atoms with van der Waals surface area (Å²) in [4.78, 5) is 29.3. The van der Waals surface area contributed by atoms with Gasteiger partial charge in [0.2, 0.25) is 11.8 Å². The van der Waals surface area contributed by atoms with Crippen LogP contribution in [0.5, 0.6) is 0 Å². The molecule has 0 radical (unpaired) electrons. The van der Waals surface area contributed by atoms with Crippen molar-refractivity contribution in [2.24, 2.45) is 5.92 Å². The van der Waals surface area contributed by atoms with Crippen molar-refractivity contribution in [2.45, 2.75) is 51.2 Å². The van der Waals surface area contributed by atoms with Crippen molar-refractivity contribution in [3.63, 3.8) is 0 Å². The first-order valence-corrected chi connectivity index (χ1v) is 9.64. The fourth-order valence-corrected chi connectivity index (χ4v) is 4.80. The molecule has 3 aliphatic rings. The minimum absolute atomic E-state index is 0.123. The summed E-state index contributed by atoms with van der Waals surface area (Å²) in [6.45, 7) is 4.02. The summed E-state index contributed by atoms with van der Waals surface area (Å²) in [6, 6.07) is -0.256. The summed E-state index contributed by atoms with van der Waals surface area (Å²) < 4.78 is 5.65. The highest BCUT2D eigenvalue weighted by molar-refractivity contribution is 7.99. The van der Waals surface area contributed by atoms with Gasteiger partial charge in [-0.2, -0.15) is 0 Å². The number of rotatable bonds is 3. The van der Waals surface area contributed by atoms with Gasteiger partial charge in [0.1, 0.15) is 6.04 Å². The lowest BCUT2D eigenvalue weighted by Crippen LogP contribution is -2.54. The molecule has 0 aromatic rings. The lowest BCUT2D eigenvalue weighted by molar-refractivity contribution is -0.149. The molecule has 0 aromatic heterocycles. The van der Waals surface area contributed by atoms with Gasteiger partial charge in [-0.15, -0.1) is 11.8 Å². The highest BCUT2D eigenvalue weighted by Crippen LogP contribution is 2.31. The normalized spacial score (nSPS) is 30.0. The summed E-state index contributed by atoms with van der Waals surface area (Å²) in [5.41, 5.74) is 0. The smallest absolute Gasteiger partial charge is 0.246 e. The van der Waals surface area contributed by atoms with E-state index >= 15 is 0 Å². The van der Waals surface area contributed by atoms with Crippen molar-refractivity contribution in [1.82, 2.24) is 9.80 Å². The third-order valence-electron chi connectivity index (χ3n) is 5.06. The topological polar surface area (TPSA) is 49.9 Å². The Morgan fingerprint density at radius 3 is 2.73 bits per heavy atom. The maximum Gasteiger partial charge on any atom is 0.246 e. The molecule has 0 aromatic carbocycles. The van der Waals surface area contributed by atoms with E-state index in [1.54, 1.807) is 11.8 Å². The van der Waals surface area contributed by atoms with Gasteiger partial charge in [0.15, 0.2) is 0 Å². The molecule has 124 valence electrons. The Balaban J connectivity index is 1.64. The molecule has 2 heterocycles. The second-order valence-corrected chi connectivity index (χ2v) is 7.49. The Bertz CT molecular complexity index is 426. The number of nitrogens with zero attached hydrogens (tertiary/aromatic N) is 2. The minimum Gasteiger partial charge on any atom is -0.375 e. The average molecular weight is 326 g/mol. The number of thioether (sulfide) groups is 1. The van der Waals surface area contributed by atoms with E-state index in [1.165, 1.54) is 0 Å². The number of morpholine rings is 1. The molecule has 2 atom stereocenters. The summed E-state index contributed by atoms with van der Waals surface area (Å²) in [6.07, 6.45) is 5.36. The predicted molar refractivity (Wildman–Crippen MR) is 86.5 cm³/mol. The van der Waals surface area contributed by atoms with Crippen LogP contribution in [-0.4, -0.2) is 65.1 Å². The van der Waals surface area contributed by atoms with Crippen LogP contribution in [-0.2, 0) is 14.3 Å². The van der Waals surface area contributed by atoms with E-state index in [2.05, 4.69) is 6.92 Å². The highest BCUT2D eigenvalue weighted by Gasteiger charge is 2.40. The Labute approximate surface area is 136 Å². The molecule has 1 aliphatic carbocycles. The predicted octanol–water partition coefficient (Wildman–Crippen LogP) is 1.72. The van der Waals surface area contributed by atoms with Crippen LogP contribution in [0.3, 0.4) is 0 Å². The molecular weight excluding hydrogens is 300 g/mol. The van der Waals surface area contributed by atoms with Crippen LogP contribution in [0.4, 0.5) is 0 Å². The maximum atomic E-state index is 12.9. The van der Waals surface area contributed by atoms with Crippen LogP contribution in [0.25, 0.3) is 0 Å². The maximum absolute atomic E-state index is 12.9. The van der Waals surface area contributed by atoms with Crippen LogP contribution < -0.4 is 0 Å². The second-order valence-electron chi connectivity index (χ2n) is 6.49.